The van der Waals surface area contributed by atoms with Crippen molar-refractivity contribution in [1.82, 2.24) is 9.78 Å². The van der Waals surface area contributed by atoms with E-state index in [4.69, 9.17) is 9.47 Å². The summed E-state index contributed by atoms with van der Waals surface area (Å²) in [6.07, 6.45) is 1.68. The van der Waals surface area contributed by atoms with E-state index in [0.29, 0.717) is 29.9 Å². The number of halogens is 1. The van der Waals surface area contributed by atoms with Gasteiger partial charge in [0.1, 0.15) is 4.47 Å². The van der Waals surface area contributed by atoms with Crippen molar-refractivity contribution in [3.8, 4) is 0 Å². The van der Waals surface area contributed by atoms with Crippen LogP contribution in [0.15, 0.2) is 15.5 Å². The molecule has 1 rings (SSSR count). The van der Waals surface area contributed by atoms with Crippen LogP contribution in [0.1, 0.15) is 6.92 Å². The predicted molar refractivity (Wildman–Crippen MR) is 73.0 cm³/mol. The highest BCUT2D eigenvalue weighted by Gasteiger charge is 2.09. The number of anilines is 1. The van der Waals surface area contributed by atoms with Gasteiger partial charge in [-0.2, -0.15) is 5.10 Å². The average molecular weight is 320 g/mol. The highest BCUT2D eigenvalue weighted by atomic mass is 79.9. The van der Waals surface area contributed by atoms with Gasteiger partial charge in [0.2, 0.25) is 0 Å². The van der Waals surface area contributed by atoms with Gasteiger partial charge in [-0.15, -0.1) is 0 Å². The Bertz CT molecular complexity index is 436. The number of hydrogen-bond donors (Lipinski definition) is 1. The Hall–Kier alpha value is -0.920. The normalized spacial score (nSPS) is 12.4. The number of rotatable bonds is 7. The quantitative estimate of drug-likeness (QED) is 0.815. The van der Waals surface area contributed by atoms with Gasteiger partial charge in [-0.05, 0) is 22.9 Å². The second kappa shape index (κ2) is 7.50. The fourth-order valence-corrected chi connectivity index (χ4v) is 1.71. The predicted octanol–water partition coefficient (Wildman–Crippen LogP) is 1.10. The van der Waals surface area contributed by atoms with E-state index in [9.17, 15) is 4.79 Å². The van der Waals surface area contributed by atoms with Crippen molar-refractivity contribution in [3.05, 3.63) is 21.0 Å². The molecule has 1 unspecified atom stereocenters. The molecule has 0 spiro atoms. The molecule has 0 aliphatic carbocycles. The summed E-state index contributed by atoms with van der Waals surface area (Å²) in [6.45, 7) is 3.43. The van der Waals surface area contributed by atoms with E-state index in [1.165, 1.54) is 4.68 Å². The number of methoxy groups -OCH3 is 2. The first-order chi connectivity index (χ1) is 8.60. The smallest absolute Gasteiger partial charge is 0.283 e. The molecular formula is C11H18BrN3O3. The summed E-state index contributed by atoms with van der Waals surface area (Å²) in [5.74, 6) is 0. The van der Waals surface area contributed by atoms with Gasteiger partial charge >= 0.3 is 0 Å². The third-order valence-electron chi connectivity index (χ3n) is 2.47. The molecule has 0 bridgehead atoms. The topological polar surface area (TPSA) is 65.4 Å². The second-order valence-corrected chi connectivity index (χ2v) is 4.61. The summed E-state index contributed by atoms with van der Waals surface area (Å²) in [5, 5.41) is 7.18. The van der Waals surface area contributed by atoms with E-state index < -0.39 is 0 Å². The van der Waals surface area contributed by atoms with Gasteiger partial charge in [0.15, 0.2) is 0 Å². The lowest BCUT2D eigenvalue weighted by atomic mass is 10.3. The maximum Gasteiger partial charge on any atom is 0.283 e. The summed E-state index contributed by atoms with van der Waals surface area (Å²) in [6, 6.07) is 0. The summed E-state index contributed by atoms with van der Waals surface area (Å²) in [4.78, 5) is 11.9. The van der Waals surface area contributed by atoms with Crippen molar-refractivity contribution in [2.45, 2.75) is 19.6 Å². The number of nitrogens with zero attached hydrogens (tertiary/aromatic N) is 2. The lowest BCUT2D eigenvalue weighted by Crippen LogP contribution is -2.27. The molecule has 6 nitrogen and oxygen atoms in total. The number of ether oxygens (including phenoxy) is 2. The fourth-order valence-electron chi connectivity index (χ4n) is 1.26. The molecule has 1 aromatic rings. The minimum Gasteiger partial charge on any atom is -0.383 e. The van der Waals surface area contributed by atoms with Crippen LogP contribution >= 0.6 is 15.9 Å². The standard InChI is InChI=1S/C11H18BrN3O3/c1-8(18-3)6-13-9-7-14-15(4-5-17-2)11(16)10(9)12/h7-8,13H,4-6H2,1-3H3. The minimum absolute atomic E-state index is 0.0628. The van der Waals surface area contributed by atoms with Crippen LogP contribution < -0.4 is 10.9 Å². The van der Waals surface area contributed by atoms with Crippen LogP contribution in [0.25, 0.3) is 0 Å². The third kappa shape index (κ3) is 4.08. The Balaban J connectivity index is 2.77. The van der Waals surface area contributed by atoms with E-state index in [-0.39, 0.29) is 11.7 Å². The zero-order valence-electron chi connectivity index (χ0n) is 10.8. The maximum absolute atomic E-state index is 11.9. The van der Waals surface area contributed by atoms with Gasteiger partial charge in [-0.3, -0.25) is 4.79 Å². The van der Waals surface area contributed by atoms with Crippen molar-refractivity contribution in [1.29, 1.82) is 0 Å². The monoisotopic (exact) mass is 319 g/mol. The first-order valence-electron chi connectivity index (χ1n) is 5.61. The van der Waals surface area contributed by atoms with E-state index in [2.05, 4.69) is 26.3 Å². The second-order valence-electron chi connectivity index (χ2n) is 3.82. The van der Waals surface area contributed by atoms with Crippen LogP contribution in [0.4, 0.5) is 5.69 Å². The molecule has 0 aromatic carbocycles. The molecule has 0 aliphatic rings. The first kappa shape index (κ1) is 15.1. The molecule has 1 atom stereocenters. The first-order valence-corrected chi connectivity index (χ1v) is 6.40. The van der Waals surface area contributed by atoms with Gasteiger partial charge in [0.25, 0.3) is 5.56 Å². The van der Waals surface area contributed by atoms with Crippen LogP contribution in [0.3, 0.4) is 0 Å². The number of nitrogens with one attached hydrogen (secondary N) is 1. The fraction of sp³-hybridized carbons (Fsp3) is 0.636. The molecule has 0 amide bonds. The number of hydrogen-bond acceptors (Lipinski definition) is 5. The Morgan fingerprint density at radius 2 is 2.28 bits per heavy atom. The highest BCUT2D eigenvalue weighted by molar-refractivity contribution is 9.10. The summed E-state index contributed by atoms with van der Waals surface area (Å²) >= 11 is 3.28. The minimum atomic E-state index is -0.179. The lowest BCUT2D eigenvalue weighted by Gasteiger charge is -2.13. The van der Waals surface area contributed by atoms with Crippen molar-refractivity contribution in [3.63, 3.8) is 0 Å². The van der Waals surface area contributed by atoms with Crippen LogP contribution in [-0.4, -0.2) is 43.3 Å². The molecule has 7 heteroatoms. The molecule has 0 saturated heterocycles. The highest BCUT2D eigenvalue weighted by Crippen LogP contribution is 2.15. The van der Waals surface area contributed by atoms with Gasteiger partial charge in [0.05, 0.1) is 31.1 Å². The summed E-state index contributed by atoms with van der Waals surface area (Å²) in [5.41, 5.74) is 0.486. The molecule has 0 aliphatic heterocycles. The van der Waals surface area contributed by atoms with Crippen molar-refractivity contribution >= 4 is 21.6 Å². The van der Waals surface area contributed by atoms with Gasteiger partial charge in [-0.25, -0.2) is 4.68 Å². The molecular weight excluding hydrogens is 302 g/mol. The molecule has 0 radical (unpaired) electrons. The summed E-state index contributed by atoms with van der Waals surface area (Å²) in [7, 11) is 3.23. The molecule has 1 aromatic heterocycles. The molecule has 102 valence electrons. The Labute approximate surface area is 114 Å². The third-order valence-corrected chi connectivity index (χ3v) is 3.24. The Morgan fingerprint density at radius 3 is 2.89 bits per heavy atom. The molecule has 1 heterocycles. The van der Waals surface area contributed by atoms with Crippen LogP contribution in [0.5, 0.6) is 0 Å². The van der Waals surface area contributed by atoms with Crippen molar-refractivity contribution in [2.75, 3.05) is 32.7 Å². The Morgan fingerprint density at radius 1 is 1.56 bits per heavy atom. The van der Waals surface area contributed by atoms with E-state index >= 15 is 0 Å². The van der Waals surface area contributed by atoms with Crippen LogP contribution in [0.2, 0.25) is 0 Å². The lowest BCUT2D eigenvalue weighted by molar-refractivity contribution is 0.129. The van der Waals surface area contributed by atoms with Crippen molar-refractivity contribution < 1.29 is 9.47 Å². The maximum atomic E-state index is 11.9. The molecule has 0 saturated carbocycles. The number of aromatic nitrogens is 2. The van der Waals surface area contributed by atoms with Gasteiger partial charge < -0.3 is 14.8 Å². The Kier molecular flexibility index (Phi) is 6.31. The molecule has 0 fully saturated rings. The van der Waals surface area contributed by atoms with Gasteiger partial charge in [-0.1, -0.05) is 0 Å². The van der Waals surface area contributed by atoms with Gasteiger partial charge in [0, 0.05) is 20.8 Å². The van der Waals surface area contributed by atoms with Crippen LogP contribution in [-0.2, 0) is 16.0 Å². The zero-order chi connectivity index (χ0) is 13.5. The van der Waals surface area contributed by atoms with E-state index in [1.807, 2.05) is 6.92 Å². The van der Waals surface area contributed by atoms with E-state index in [1.54, 1.807) is 20.4 Å². The van der Waals surface area contributed by atoms with Crippen molar-refractivity contribution in [2.24, 2.45) is 0 Å². The average Bonchev–Trinajstić information content (AvgIpc) is 2.39. The van der Waals surface area contributed by atoms with Crippen LogP contribution in [0, 0.1) is 0 Å². The SMILES string of the molecule is COCCn1ncc(NCC(C)OC)c(Br)c1=O. The molecule has 1 N–H and O–H groups in total. The largest absolute Gasteiger partial charge is 0.383 e. The van der Waals surface area contributed by atoms with E-state index in [0.717, 1.165) is 0 Å². The zero-order valence-corrected chi connectivity index (χ0v) is 12.4. The molecule has 18 heavy (non-hydrogen) atoms. The summed E-state index contributed by atoms with van der Waals surface area (Å²) < 4.78 is 11.9.